The molecule has 28 heavy (non-hydrogen) atoms. The number of amides is 1. The van der Waals surface area contributed by atoms with Crippen LogP contribution in [0, 0.1) is 0 Å². The molecule has 3 N–H and O–H groups in total. The minimum atomic E-state index is -0.275. The lowest BCUT2D eigenvalue weighted by molar-refractivity contribution is -0.111. The number of carbonyl (C=O) groups is 1. The highest BCUT2D eigenvalue weighted by Crippen LogP contribution is 2.32. The number of nitrogens with two attached hydrogens (primary N) is 1. The Bertz CT molecular complexity index is 1180. The Kier molecular flexibility index (Phi) is 4.50. The summed E-state index contributed by atoms with van der Waals surface area (Å²) in [5, 5.41) is 8.72. The van der Waals surface area contributed by atoms with Crippen molar-refractivity contribution in [1.82, 2.24) is 19.7 Å². The zero-order chi connectivity index (χ0) is 19.7. The highest BCUT2D eigenvalue weighted by atomic mass is 35.5. The second-order valence-corrected chi connectivity index (χ2v) is 6.40. The maximum absolute atomic E-state index is 11.4. The van der Waals surface area contributed by atoms with Crippen LogP contribution < -0.4 is 11.1 Å². The van der Waals surface area contributed by atoms with Crippen molar-refractivity contribution >= 4 is 40.0 Å². The summed E-state index contributed by atoms with van der Waals surface area (Å²) in [4.78, 5) is 19.9. The van der Waals surface area contributed by atoms with Crippen molar-refractivity contribution in [2.45, 2.75) is 0 Å². The van der Waals surface area contributed by atoms with Gasteiger partial charge < -0.3 is 11.1 Å². The van der Waals surface area contributed by atoms with Crippen LogP contribution in [0.15, 0.2) is 67.5 Å². The van der Waals surface area contributed by atoms with Gasteiger partial charge in [0.1, 0.15) is 17.8 Å². The van der Waals surface area contributed by atoms with E-state index in [1.165, 1.54) is 12.4 Å². The molecular weight excluding hydrogens is 376 g/mol. The van der Waals surface area contributed by atoms with E-state index in [1.807, 2.05) is 24.3 Å². The molecule has 138 valence electrons. The molecule has 0 unspecified atom stereocenters. The number of hydrogen-bond donors (Lipinski definition) is 2. The summed E-state index contributed by atoms with van der Waals surface area (Å²) in [5.41, 5.74) is 9.63. The molecule has 0 atom stereocenters. The number of fused-ring (bicyclic) bond motifs is 1. The van der Waals surface area contributed by atoms with Gasteiger partial charge in [0.05, 0.1) is 11.1 Å². The number of halogens is 1. The van der Waals surface area contributed by atoms with Crippen LogP contribution in [0.25, 0.3) is 28.0 Å². The molecule has 0 radical (unpaired) electrons. The second-order valence-electron chi connectivity index (χ2n) is 5.97. The van der Waals surface area contributed by atoms with E-state index in [0.717, 1.165) is 11.3 Å². The van der Waals surface area contributed by atoms with E-state index in [1.54, 1.807) is 28.9 Å². The summed E-state index contributed by atoms with van der Waals surface area (Å²) < 4.78 is 1.69. The average Bonchev–Trinajstić information content (AvgIpc) is 3.10. The first kappa shape index (κ1) is 17.7. The molecule has 8 heteroatoms. The van der Waals surface area contributed by atoms with Crippen molar-refractivity contribution in [1.29, 1.82) is 0 Å². The van der Waals surface area contributed by atoms with Crippen LogP contribution in [0.1, 0.15) is 0 Å². The molecule has 0 spiro atoms. The van der Waals surface area contributed by atoms with E-state index in [4.69, 9.17) is 22.4 Å². The van der Waals surface area contributed by atoms with Crippen LogP contribution in [-0.2, 0) is 4.79 Å². The van der Waals surface area contributed by atoms with Crippen LogP contribution in [0.2, 0.25) is 5.02 Å². The Morgan fingerprint density at radius 1 is 1.11 bits per heavy atom. The third-order valence-electron chi connectivity index (χ3n) is 4.18. The lowest BCUT2D eigenvalue weighted by atomic mass is 10.1. The summed E-state index contributed by atoms with van der Waals surface area (Å²) in [5.74, 6) is 0.0684. The molecule has 0 aliphatic heterocycles. The Morgan fingerprint density at radius 2 is 1.82 bits per heavy atom. The van der Waals surface area contributed by atoms with Crippen molar-refractivity contribution < 1.29 is 4.79 Å². The molecule has 0 aliphatic rings. The summed E-state index contributed by atoms with van der Waals surface area (Å²) in [7, 11) is 0. The fraction of sp³-hybridized carbons (Fsp3) is 0. The molecule has 2 aromatic carbocycles. The molecule has 7 nitrogen and oxygen atoms in total. The van der Waals surface area contributed by atoms with Crippen LogP contribution in [-0.4, -0.2) is 25.7 Å². The van der Waals surface area contributed by atoms with Gasteiger partial charge in [0.25, 0.3) is 0 Å². The van der Waals surface area contributed by atoms with E-state index < -0.39 is 0 Å². The summed E-state index contributed by atoms with van der Waals surface area (Å²) in [6.07, 6.45) is 2.62. The smallest absolute Gasteiger partial charge is 0.247 e. The van der Waals surface area contributed by atoms with Crippen molar-refractivity contribution in [3.63, 3.8) is 0 Å². The summed E-state index contributed by atoms with van der Waals surface area (Å²) in [6, 6.07) is 14.5. The van der Waals surface area contributed by atoms with Gasteiger partial charge in [-0.15, -0.1) is 0 Å². The van der Waals surface area contributed by atoms with Gasteiger partial charge in [0.15, 0.2) is 5.65 Å². The molecule has 1 amide bonds. The Balaban J connectivity index is 1.84. The van der Waals surface area contributed by atoms with Gasteiger partial charge in [-0.2, -0.15) is 5.10 Å². The zero-order valence-electron chi connectivity index (χ0n) is 14.6. The molecule has 4 rings (SSSR count). The predicted molar refractivity (Wildman–Crippen MR) is 110 cm³/mol. The number of nitrogens with zero attached hydrogens (tertiary/aromatic N) is 4. The molecule has 2 aromatic heterocycles. The highest BCUT2D eigenvalue weighted by Gasteiger charge is 2.18. The Morgan fingerprint density at radius 3 is 2.50 bits per heavy atom. The van der Waals surface area contributed by atoms with Gasteiger partial charge in [-0.05, 0) is 42.5 Å². The quantitative estimate of drug-likeness (QED) is 0.516. The second kappa shape index (κ2) is 7.13. The molecule has 0 bridgehead atoms. The first-order chi connectivity index (χ1) is 13.6. The lowest BCUT2D eigenvalue weighted by Crippen LogP contribution is -2.07. The molecular formula is C20H15ClN6O. The van der Waals surface area contributed by atoms with Crippen LogP contribution >= 0.6 is 11.6 Å². The minimum Gasteiger partial charge on any atom is -0.383 e. The highest BCUT2D eigenvalue weighted by molar-refractivity contribution is 6.30. The van der Waals surface area contributed by atoms with Crippen molar-refractivity contribution in [3.8, 4) is 16.9 Å². The number of carbonyl (C=O) groups excluding carboxylic acids is 1. The number of benzene rings is 2. The van der Waals surface area contributed by atoms with Gasteiger partial charge in [0.2, 0.25) is 5.91 Å². The van der Waals surface area contributed by atoms with Gasteiger partial charge in [0, 0.05) is 16.3 Å². The standard InChI is InChI=1S/C20H15ClN6O/c1-2-16(28)25-14-7-9-15(10-8-14)27-20-17(19(22)23-11-24-20)18(26-27)12-3-5-13(21)6-4-12/h2-11H,1H2,(H,25,28)(H2,22,23,24). The molecule has 2 heterocycles. The molecule has 4 aromatic rings. The number of aromatic nitrogens is 4. The van der Waals surface area contributed by atoms with Crippen LogP contribution in [0.4, 0.5) is 11.5 Å². The number of nitrogen functional groups attached to an aromatic ring is 1. The van der Waals surface area contributed by atoms with Crippen LogP contribution in [0.5, 0.6) is 0 Å². The molecule has 0 fully saturated rings. The van der Waals surface area contributed by atoms with Gasteiger partial charge in [-0.25, -0.2) is 14.6 Å². The molecule has 0 aliphatic carbocycles. The van der Waals surface area contributed by atoms with Crippen molar-refractivity contribution in [3.05, 3.63) is 72.5 Å². The number of hydrogen-bond acceptors (Lipinski definition) is 5. The van der Waals surface area contributed by atoms with E-state index >= 15 is 0 Å². The zero-order valence-corrected chi connectivity index (χ0v) is 15.4. The van der Waals surface area contributed by atoms with Crippen LogP contribution in [0.3, 0.4) is 0 Å². The van der Waals surface area contributed by atoms with Crippen molar-refractivity contribution in [2.75, 3.05) is 11.1 Å². The maximum atomic E-state index is 11.4. The first-order valence-corrected chi connectivity index (χ1v) is 8.73. The summed E-state index contributed by atoms with van der Waals surface area (Å²) >= 11 is 6.00. The molecule has 0 saturated carbocycles. The monoisotopic (exact) mass is 390 g/mol. The fourth-order valence-corrected chi connectivity index (χ4v) is 2.97. The maximum Gasteiger partial charge on any atom is 0.247 e. The molecule has 0 saturated heterocycles. The first-order valence-electron chi connectivity index (χ1n) is 8.36. The van der Waals surface area contributed by atoms with E-state index in [-0.39, 0.29) is 5.91 Å². The normalized spacial score (nSPS) is 10.8. The predicted octanol–water partition coefficient (Wildman–Crippen LogP) is 3.84. The summed E-state index contributed by atoms with van der Waals surface area (Å²) in [6.45, 7) is 3.44. The van der Waals surface area contributed by atoms with E-state index in [0.29, 0.717) is 33.3 Å². The number of rotatable bonds is 4. The topological polar surface area (TPSA) is 98.7 Å². The van der Waals surface area contributed by atoms with Crippen molar-refractivity contribution in [2.24, 2.45) is 0 Å². The average molecular weight is 391 g/mol. The van der Waals surface area contributed by atoms with Gasteiger partial charge in [-0.1, -0.05) is 30.3 Å². The van der Waals surface area contributed by atoms with E-state index in [9.17, 15) is 4.79 Å². The third-order valence-corrected chi connectivity index (χ3v) is 4.43. The Hall–Kier alpha value is -3.71. The fourth-order valence-electron chi connectivity index (χ4n) is 2.84. The number of anilines is 2. The number of nitrogens with one attached hydrogen (secondary N) is 1. The van der Waals surface area contributed by atoms with E-state index in [2.05, 4.69) is 21.9 Å². The Labute approximate surface area is 165 Å². The van der Waals surface area contributed by atoms with Gasteiger partial charge >= 0.3 is 0 Å². The van der Waals surface area contributed by atoms with Gasteiger partial charge in [-0.3, -0.25) is 4.79 Å². The lowest BCUT2D eigenvalue weighted by Gasteiger charge is -2.05. The SMILES string of the molecule is C=CC(=O)Nc1ccc(-n2nc(-c3ccc(Cl)cc3)c3c(N)ncnc32)cc1. The minimum absolute atomic E-state index is 0.275. The largest absolute Gasteiger partial charge is 0.383 e. The third kappa shape index (κ3) is 3.19.